The van der Waals surface area contributed by atoms with Gasteiger partial charge in [-0.15, -0.1) is 0 Å². The average molecular weight is 345 g/mol. The molecule has 0 N–H and O–H groups in total. The van der Waals surface area contributed by atoms with Crippen molar-refractivity contribution in [3.05, 3.63) is 65.6 Å². The maximum Gasteiger partial charge on any atom is 0.363 e. The fourth-order valence-corrected chi connectivity index (χ4v) is 2.74. The summed E-state index contributed by atoms with van der Waals surface area (Å²) in [5, 5.41) is 0. The summed E-state index contributed by atoms with van der Waals surface area (Å²) in [4.78, 5) is 25.2. The third-order valence-corrected chi connectivity index (χ3v) is 3.99. The van der Waals surface area contributed by atoms with Crippen molar-refractivity contribution in [3.63, 3.8) is 0 Å². The second-order valence-electron chi connectivity index (χ2n) is 5.69. The highest BCUT2D eigenvalue weighted by molar-refractivity contribution is 6.13. The van der Waals surface area contributed by atoms with Gasteiger partial charge in [0.1, 0.15) is 0 Å². The number of aromatic nitrogens is 2. The summed E-state index contributed by atoms with van der Waals surface area (Å²) in [6.45, 7) is 0.177. The summed E-state index contributed by atoms with van der Waals surface area (Å²) < 4.78 is 15.9. The molecule has 7 heteroatoms. The first-order chi connectivity index (χ1) is 12.8. The molecule has 26 heavy (non-hydrogen) atoms. The van der Waals surface area contributed by atoms with Gasteiger partial charge in [0.2, 0.25) is 12.7 Å². The molecular weight excluding hydrogens is 334 g/mol. The first-order valence-corrected chi connectivity index (χ1v) is 7.91. The summed E-state index contributed by atoms with van der Waals surface area (Å²) in [7, 11) is 0. The SMILES string of the molecule is O=C1OC(c2ccc3c(c2)OCO3)=N/C1=C\c1cnc2ccccc2n1. The van der Waals surface area contributed by atoms with Gasteiger partial charge in [-0.3, -0.25) is 4.98 Å². The summed E-state index contributed by atoms with van der Waals surface area (Å²) in [6, 6.07) is 12.8. The van der Waals surface area contributed by atoms with Crippen LogP contribution in [0.4, 0.5) is 0 Å². The normalized spacial score (nSPS) is 16.8. The van der Waals surface area contributed by atoms with E-state index in [1.54, 1.807) is 30.5 Å². The number of nitrogens with zero attached hydrogens (tertiary/aromatic N) is 3. The topological polar surface area (TPSA) is 82.9 Å². The molecule has 0 saturated carbocycles. The molecule has 0 unspecified atom stereocenters. The molecule has 0 radical (unpaired) electrons. The Morgan fingerprint density at radius 3 is 2.77 bits per heavy atom. The molecule has 1 aromatic heterocycles. The van der Waals surface area contributed by atoms with Gasteiger partial charge < -0.3 is 14.2 Å². The molecule has 5 rings (SSSR count). The van der Waals surface area contributed by atoms with Crippen molar-refractivity contribution in [2.24, 2.45) is 4.99 Å². The number of fused-ring (bicyclic) bond motifs is 2. The van der Waals surface area contributed by atoms with Crippen molar-refractivity contribution in [3.8, 4) is 11.5 Å². The fraction of sp³-hybridized carbons (Fsp3) is 0.0526. The maximum atomic E-state index is 12.2. The van der Waals surface area contributed by atoms with Crippen LogP contribution in [0.1, 0.15) is 11.3 Å². The third-order valence-electron chi connectivity index (χ3n) is 3.99. The molecule has 0 amide bonds. The lowest BCUT2D eigenvalue weighted by molar-refractivity contribution is -0.129. The Morgan fingerprint density at radius 2 is 1.85 bits per heavy atom. The number of cyclic esters (lactones) is 1. The number of esters is 1. The lowest BCUT2D eigenvalue weighted by Crippen LogP contribution is -2.05. The van der Waals surface area contributed by atoms with Crippen LogP contribution in [-0.2, 0) is 9.53 Å². The highest BCUT2D eigenvalue weighted by atomic mass is 16.7. The fourth-order valence-electron chi connectivity index (χ4n) is 2.74. The number of hydrogen-bond acceptors (Lipinski definition) is 7. The smallest absolute Gasteiger partial charge is 0.363 e. The predicted octanol–water partition coefficient (Wildman–Crippen LogP) is 2.70. The molecule has 0 bridgehead atoms. The van der Waals surface area contributed by atoms with E-state index in [0.717, 1.165) is 11.0 Å². The summed E-state index contributed by atoms with van der Waals surface area (Å²) >= 11 is 0. The van der Waals surface area contributed by atoms with Crippen LogP contribution in [-0.4, -0.2) is 28.6 Å². The summed E-state index contributed by atoms with van der Waals surface area (Å²) in [6.07, 6.45) is 3.15. The van der Waals surface area contributed by atoms with E-state index in [1.807, 2.05) is 24.3 Å². The molecule has 3 heterocycles. The number of benzene rings is 2. The van der Waals surface area contributed by atoms with Gasteiger partial charge in [0, 0.05) is 5.56 Å². The van der Waals surface area contributed by atoms with Crippen LogP contribution in [0, 0.1) is 0 Å². The zero-order valence-electron chi connectivity index (χ0n) is 13.4. The Kier molecular flexibility index (Phi) is 3.18. The number of para-hydroxylation sites is 2. The van der Waals surface area contributed by atoms with E-state index >= 15 is 0 Å². The first kappa shape index (κ1) is 14.6. The lowest BCUT2D eigenvalue weighted by Gasteiger charge is -2.01. The molecule has 7 nitrogen and oxygen atoms in total. The molecule has 0 aliphatic carbocycles. The quantitative estimate of drug-likeness (QED) is 0.525. The second kappa shape index (κ2) is 5.66. The Hall–Kier alpha value is -3.74. The number of ether oxygens (including phenoxy) is 3. The van der Waals surface area contributed by atoms with Crippen molar-refractivity contribution in [2.75, 3.05) is 6.79 Å². The van der Waals surface area contributed by atoms with Gasteiger partial charge in [0.25, 0.3) is 0 Å². The molecule has 0 spiro atoms. The van der Waals surface area contributed by atoms with Crippen LogP contribution in [0.25, 0.3) is 17.1 Å². The van der Waals surface area contributed by atoms with Crippen molar-refractivity contribution in [2.45, 2.75) is 0 Å². The molecule has 2 aliphatic rings. The highest BCUT2D eigenvalue weighted by Gasteiger charge is 2.26. The summed E-state index contributed by atoms with van der Waals surface area (Å²) in [5.74, 6) is 0.931. The zero-order chi connectivity index (χ0) is 17.5. The van der Waals surface area contributed by atoms with Crippen molar-refractivity contribution in [1.29, 1.82) is 0 Å². The molecule has 126 valence electrons. The molecule has 3 aromatic rings. The van der Waals surface area contributed by atoms with Crippen LogP contribution >= 0.6 is 0 Å². The zero-order valence-corrected chi connectivity index (χ0v) is 13.4. The van der Waals surface area contributed by atoms with Crippen LogP contribution in [0.3, 0.4) is 0 Å². The number of carbonyl (C=O) groups excluding carboxylic acids is 1. The lowest BCUT2D eigenvalue weighted by atomic mass is 10.2. The molecule has 0 fully saturated rings. The van der Waals surface area contributed by atoms with Gasteiger partial charge in [-0.05, 0) is 36.4 Å². The van der Waals surface area contributed by atoms with Gasteiger partial charge in [-0.25, -0.2) is 14.8 Å². The van der Waals surface area contributed by atoms with E-state index in [1.165, 1.54) is 0 Å². The number of carbonyl (C=O) groups is 1. The molecule has 0 saturated heterocycles. The average Bonchev–Trinajstić information content (AvgIpc) is 3.28. The van der Waals surface area contributed by atoms with E-state index < -0.39 is 5.97 Å². The van der Waals surface area contributed by atoms with Gasteiger partial charge >= 0.3 is 5.97 Å². The summed E-state index contributed by atoms with van der Waals surface area (Å²) in [5.41, 5.74) is 2.87. The number of rotatable bonds is 2. The van der Waals surface area contributed by atoms with Crippen LogP contribution in [0.15, 0.2) is 59.4 Å². The minimum Gasteiger partial charge on any atom is -0.454 e. The Morgan fingerprint density at radius 1 is 1.00 bits per heavy atom. The van der Waals surface area contributed by atoms with Gasteiger partial charge in [0.05, 0.1) is 22.9 Å². The highest BCUT2D eigenvalue weighted by Crippen LogP contribution is 2.33. The van der Waals surface area contributed by atoms with Crippen LogP contribution in [0.2, 0.25) is 0 Å². The molecule has 2 aromatic carbocycles. The van der Waals surface area contributed by atoms with Crippen molar-refractivity contribution in [1.82, 2.24) is 9.97 Å². The van der Waals surface area contributed by atoms with E-state index in [4.69, 9.17) is 14.2 Å². The first-order valence-electron chi connectivity index (χ1n) is 7.91. The van der Waals surface area contributed by atoms with E-state index in [9.17, 15) is 4.79 Å². The minimum absolute atomic E-state index is 0.169. The largest absolute Gasteiger partial charge is 0.454 e. The third kappa shape index (κ3) is 2.46. The van der Waals surface area contributed by atoms with E-state index in [-0.39, 0.29) is 18.4 Å². The maximum absolute atomic E-state index is 12.2. The Bertz CT molecular complexity index is 1120. The van der Waals surface area contributed by atoms with Crippen molar-refractivity contribution >= 4 is 29.0 Å². The molecular formula is C19H11N3O4. The monoisotopic (exact) mass is 345 g/mol. The standard InChI is InChI=1S/C19H11N3O4/c23-19-15(8-12-9-20-13-3-1-2-4-14(13)21-12)22-18(26-19)11-5-6-16-17(7-11)25-10-24-16/h1-9H,10H2/b15-8-. The molecule has 0 atom stereocenters. The van der Waals surface area contributed by atoms with Gasteiger partial charge in [-0.2, -0.15) is 0 Å². The Balaban J connectivity index is 1.50. The Labute approximate surface area is 147 Å². The minimum atomic E-state index is -0.535. The molecule has 2 aliphatic heterocycles. The van der Waals surface area contributed by atoms with E-state index in [2.05, 4.69) is 15.0 Å². The van der Waals surface area contributed by atoms with Gasteiger partial charge in [0.15, 0.2) is 17.2 Å². The number of aliphatic imine (C=N–C) groups is 1. The second-order valence-corrected chi connectivity index (χ2v) is 5.69. The predicted molar refractivity (Wildman–Crippen MR) is 92.7 cm³/mol. The van der Waals surface area contributed by atoms with Gasteiger partial charge in [-0.1, -0.05) is 12.1 Å². The van der Waals surface area contributed by atoms with Crippen molar-refractivity contribution < 1.29 is 19.0 Å². The van der Waals surface area contributed by atoms with E-state index in [0.29, 0.717) is 22.8 Å². The van der Waals surface area contributed by atoms with Crippen LogP contribution < -0.4 is 9.47 Å². The number of hydrogen-bond donors (Lipinski definition) is 0. The van der Waals surface area contributed by atoms with Crippen LogP contribution in [0.5, 0.6) is 11.5 Å².